The smallest absolute Gasteiger partial charge is 0.307 e. The molecule has 2 atom stereocenters. The first-order valence-electron chi connectivity index (χ1n) is 7.14. The Bertz CT molecular complexity index is 672. The standard InChI is InChI=1S/C16H17ClN2O4/c1-9(20)18-14-8-10(6-7-13(14)17)19-15(21)11-4-2-3-5-12(11)16(22)23/h2-3,6-8,11-12H,4-5H2,1H3,(H,18,20)(H,19,21)(H,22,23)/t11-,12-/m0/s1. The topological polar surface area (TPSA) is 95.5 Å². The number of benzene rings is 1. The fourth-order valence-electron chi connectivity index (χ4n) is 2.50. The number of hydrogen-bond donors (Lipinski definition) is 3. The van der Waals surface area contributed by atoms with Gasteiger partial charge in [0, 0.05) is 12.6 Å². The fourth-order valence-corrected chi connectivity index (χ4v) is 2.67. The minimum Gasteiger partial charge on any atom is -0.481 e. The van der Waals surface area contributed by atoms with Gasteiger partial charge in [0.2, 0.25) is 11.8 Å². The van der Waals surface area contributed by atoms with Crippen molar-refractivity contribution < 1.29 is 19.5 Å². The van der Waals surface area contributed by atoms with Gasteiger partial charge in [-0.05, 0) is 31.0 Å². The van der Waals surface area contributed by atoms with Crippen LogP contribution < -0.4 is 10.6 Å². The zero-order valence-electron chi connectivity index (χ0n) is 12.5. The van der Waals surface area contributed by atoms with Crippen LogP contribution in [0.4, 0.5) is 11.4 Å². The SMILES string of the molecule is CC(=O)Nc1cc(NC(=O)[C@H]2CC=CC[C@@H]2C(=O)O)ccc1Cl. The Labute approximate surface area is 138 Å². The number of carboxylic acid groups (broad SMARTS) is 1. The lowest BCUT2D eigenvalue weighted by atomic mass is 9.82. The summed E-state index contributed by atoms with van der Waals surface area (Å²) >= 11 is 5.98. The number of amides is 2. The second kappa shape index (κ2) is 7.28. The normalized spacial score (nSPS) is 19.9. The molecule has 23 heavy (non-hydrogen) atoms. The summed E-state index contributed by atoms with van der Waals surface area (Å²) in [5, 5.41) is 14.8. The van der Waals surface area contributed by atoms with Gasteiger partial charge in [-0.25, -0.2) is 0 Å². The molecule has 1 aliphatic carbocycles. The molecule has 1 aromatic carbocycles. The quantitative estimate of drug-likeness (QED) is 0.737. The van der Waals surface area contributed by atoms with E-state index in [0.717, 1.165) is 0 Å². The van der Waals surface area contributed by atoms with E-state index in [0.29, 0.717) is 29.2 Å². The minimum atomic E-state index is -0.982. The van der Waals surface area contributed by atoms with Gasteiger partial charge in [0.05, 0.1) is 22.5 Å². The van der Waals surface area contributed by atoms with Crippen molar-refractivity contribution in [1.82, 2.24) is 0 Å². The van der Waals surface area contributed by atoms with Crippen LogP contribution in [0.2, 0.25) is 5.02 Å². The second-order valence-electron chi connectivity index (χ2n) is 5.36. The Morgan fingerprint density at radius 2 is 1.78 bits per heavy atom. The third-order valence-corrected chi connectivity index (χ3v) is 3.96. The molecule has 0 radical (unpaired) electrons. The fraction of sp³-hybridized carbons (Fsp3) is 0.312. The molecule has 0 saturated heterocycles. The molecule has 0 saturated carbocycles. The molecule has 6 nitrogen and oxygen atoms in total. The highest BCUT2D eigenvalue weighted by molar-refractivity contribution is 6.33. The summed E-state index contributed by atoms with van der Waals surface area (Å²) in [4.78, 5) is 34.8. The molecule has 7 heteroatoms. The van der Waals surface area contributed by atoms with Gasteiger partial charge in [0.1, 0.15) is 0 Å². The second-order valence-corrected chi connectivity index (χ2v) is 5.77. The lowest BCUT2D eigenvalue weighted by Crippen LogP contribution is -2.34. The molecule has 0 heterocycles. The molecule has 1 aliphatic rings. The number of allylic oxidation sites excluding steroid dienone is 2. The molecule has 1 aromatic rings. The van der Waals surface area contributed by atoms with E-state index in [1.165, 1.54) is 13.0 Å². The largest absolute Gasteiger partial charge is 0.481 e. The summed E-state index contributed by atoms with van der Waals surface area (Å²) in [5.41, 5.74) is 0.831. The average molecular weight is 337 g/mol. The third-order valence-electron chi connectivity index (χ3n) is 3.63. The van der Waals surface area contributed by atoms with Gasteiger partial charge in [-0.3, -0.25) is 14.4 Å². The molecule has 0 aliphatic heterocycles. The number of rotatable bonds is 4. The molecule has 2 rings (SSSR count). The Hall–Kier alpha value is -2.34. The van der Waals surface area contributed by atoms with E-state index < -0.39 is 17.8 Å². The van der Waals surface area contributed by atoms with Crippen LogP contribution in [0, 0.1) is 11.8 Å². The Kier molecular flexibility index (Phi) is 5.39. The molecule has 0 spiro atoms. The highest BCUT2D eigenvalue weighted by Gasteiger charge is 2.33. The summed E-state index contributed by atoms with van der Waals surface area (Å²) in [7, 11) is 0. The van der Waals surface area contributed by atoms with Crippen molar-refractivity contribution in [3.8, 4) is 0 Å². The van der Waals surface area contributed by atoms with Crippen LogP contribution in [0.25, 0.3) is 0 Å². The number of hydrogen-bond acceptors (Lipinski definition) is 3. The molecule has 0 unspecified atom stereocenters. The number of anilines is 2. The summed E-state index contributed by atoms with van der Waals surface area (Å²) < 4.78 is 0. The van der Waals surface area contributed by atoms with E-state index in [1.807, 2.05) is 6.08 Å². The predicted octanol–water partition coefficient (Wildman–Crippen LogP) is 2.90. The van der Waals surface area contributed by atoms with Crippen LogP contribution in [0.5, 0.6) is 0 Å². The van der Waals surface area contributed by atoms with Crippen molar-refractivity contribution in [2.45, 2.75) is 19.8 Å². The summed E-state index contributed by atoms with van der Waals surface area (Å²) in [6.45, 7) is 1.35. The molecule has 0 bridgehead atoms. The van der Waals surface area contributed by atoms with Gasteiger partial charge in [0.25, 0.3) is 0 Å². The Morgan fingerprint density at radius 1 is 1.13 bits per heavy atom. The maximum atomic E-state index is 12.4. The van der Waals surface area contributed by atoms with Gasteiger partial charge in [-0.2, -0.15) is 0 Å². The third kappa shape index (κ3) is 4.32. The predicted molar refractivity (Wildman–Crippen MR) is 87.4 cm³/mol. The van der Waals surface area contributed by atoms with E-state index >= 15 is 0 Å². The first kappa shape index (κ1) is 17.0. The first-order valence-corrected chi connectivity index (χ1v) is 7.52. The lowest BCUT2D eigenvalue weighted by Gasteiger charge is -2.24. The molecule has 3 N–H and O–H groups in total. The van der Waals surface area contributed by atoms with Gasteiger partial charge < -0.3 is 15.7 Å². The van der Waals surface area contributed by atoms with Crippen LogP contribution in [0.15, 0.2) is 30.4 Å². The molecule has 122 valence electrons. The highest BCUT2D eigenvalue weighted by Crippen LogP contribution is 2.29. The number of nitrogens with one attached hydrogen (secondary N) is 2. The summed E-state index contributed by atoms with van der Waals surface area (Å²) in [6.07, 6.45) is 4.31. The van der Waals surface area contributed by atoms with Crippen LogP contribution in [0.1, 0.15) is 19.8 Å². The lowest BCUT2D eigenvalue weighted by molar-refractivity contribution is -0.146. The zero-order valence-corrected chi connectivity index (χ0v) is 13.3. The molecule has 2 amide bonds. The first-order chi connectivity index (χ1) is 10.9. The number of halogens is 1. The van der Waals surface area contributed by atoms with Crippen molar-refractivity contribution in [3.05, 3.63) is 35.4 Å². The molecular formula is C16H17ClN2O4. The number of carbonyl (C=O) groups excluding carboxylic acids is 2. The van der Waals surface area contributed by atoms with Crippen molar-refractivity contribution in [1.29, 1.82) is 0 Å². The zero-order chi connectivity index (χ0) is 17.0. The Balaban J connectivity index is 2.15. The minimum absolute atomic E-state index is 0.279. The van der Waals surface area contributed by atoms with Crippen LogP contribution in [-0.2, 0) is 14.4 Å². The monoisotopic (exact) mass is 336 g/mol. The van der Waals surface area contributed by atoms with E-state index in [9.17, 15) is 19.5 Å². The van der Waals surface area contributed by atoms with Crippen LogP contribution >= 0.6 is 11.6 Å². The Morgan fingerprint density at radius 3 is 2.39 bits per heavy atom. The van der Waals surface area contributed by atoms with Gasteiger partial charge >= 0.3 is 5.97 Å². The van der Waals surface area contributed by atoms with Crippen LogP contribution in [0.3, 0.4) is 0 Å². The van der Waals surface area contributed by atoms with E-state index in [-0.39, 0.29) is 11.8 Å². The van der Waals surface area contributed by atoms with E-state index in [1.54, 1.807) is 18.2 Å². The van der Waals surface area contributed by atoms with Crippen molar-refractivity contribution in [3.63, 3.8) is 0 Å². The maximum absolute atomic E-state index is 12.4. The highest BCUT2D eigenvalue weighted by atomic mass is 35.5. The van der Waals surface area contributed by atoms with E-state index in [4.69, 9.17) is 11.6 Å². The molecular weight excluding hydrogens is 320 g/mol. The summed E-state index contributed by atoms with van der Waals surface area (Å²) in [6, 6.07) is 4.69. The van der Waals surface area contributed by atoms with Crippen molar-refractivity contribution in [2.24, 2.45) is 11.8 Å². The van der Waals surface area contributed by atoms with Crippen molar-refractivity contribution in [2.75, 3.05) is 10.6 Å². The van der Waals surface area contributed by atoms with E-state index in [2.05, 4.69) is 10.6 Å². The average Bonchev–Trinajstić information content (AvgIpc) is 2.50. The van der Waals surface area contributed by atoms with Crippen molar-refractivity contribution >= 4 is 40.8 Å². The van der Waals surface area contributed by atoms with Gasteiger partial charge in [-0.15, -0.1) is 0 Å². The van der Waals surface area contributed by atoms with Crippen LogP contribution in [-0.4, -0.2) is 22.9 Å². The van der Waals surface area contributed by atoms with Gasteiger partial charge in [-0.1, -0.05) is 23.8 Å². The summed E-state index contributed by atoms with van der Waals surface area (Å²) in [5.74, 6) is -2.99. The molecule has 0 aromatic heterocycles. The number of carbonyl (C=O) groups is 3. The number of aliphatic carboxylic acids is 1. The van der Waals surface area contributed by atoms with Gasteiger partial charge in [0.15, 0.2) is 0 Å². The molecule has 0 fully saturated rings. The maximum Gasteiger partial charge on any atom is 0.307 e. The number of carboxylic acids is 1.